The van der Waals surface area contributed by atoms with Gasteiger partial charge in [0.25, 0.3) is 5.91 Å². The fourth-order valence-electron chi connectivity index (χ4n) is 5.39. The number of ether oxygens (including phenoxy) is 1. The molecule has 0 bridgehead atoms. The van der Waals surface area contributed by atoms with Crippen molar-refractivity contribution in [1.29, 1.82) is 0 Å². The van der Waals surface area contributed by atoms with E-state index in [0.717, 1.165) is 47.2 Å². The summed E-state index contributed by atoms with van der Waals surface area (Å²) in [6, 6.07) is 12.0. The lowest BCUT2D eigenvalue weighted by Gasteiger charge is -2.45. The summed E-state index contributed by atoms with van der Waals surface area (Å²) in [6.07, 6.45) is 4.36. The second-order valence-corrected chi connectivity index (χ2v) is 11.6. The van der Waals surface area contributed by atoms with Gasteiger partial charge in [-0.25, -0.2) is 0 Å². The van der Waals surface area contributed by atoms with Crippen LogP contribution in [0.5, 0.6) is 5.75 Å². The molecule has 0 unspecified atom stereocenters. The van der Waals surface area contributed by atoms with Gasteiger partial charge in [-0.3, -0.25) is 9.59 Å². The standard InChI is InChI=1S/C28H35N3O3S/c1-18(2)34-22-11-7-20(8-12-22)16-31-26(32)24-15-25-23(13-14-35-25)30(24)17-28(31,4)27(33)29-21-9-5-19(3)6-10-21/h7-8,11-15,18-19,21H,5-6,9-10,16-17H2,1-4H3,(H,29,33)/t19?,21?,28-/m1/s1. The fourth-order valence-corrected chi connectivity index (χ4v) is 6.22. The molecule has 5 rings (SSSR count). The first-order chi connectivity index (χ1) is 16.7. The Hall–Kier alpha value is -2.80. The molecule has 186 valence electrons. The fraction of sp³-hybridized carbons (Fsp3) is 0.500. The number of rotatable bonds is 6. The van der Waals surface area contributed by atoms with Crippen LogP contribution >= 0.6 is 11.3 Å². The normalized spacial score (nSPS) is 24.6. The Morgan fingerprint density at radius 1 is 1.17 bits per heavy atom. The van der Waals surface area contributed by atoms with Crippen molar-refractivity contribution < 1.29 is 14.3 Å². The third kappa shape index (κ3) is 4.58. The highest BCUT2D eigenvalue weighted by Crippen LogP contribution is 2.36. The number of carbonyl (C=O) groups is 2. The van der Waals surface area contributed by atoms with E-state index in [1.807, 2.05) is 67.1 Å². The summed E-state index contributed by atoms with van der Waals surface area (Å²) in [4.78, 5) is 29.5. The summed E-state index contributed by atoms with van der Waals surface area (Å²) in [5, 5.41) is 5.36. The molecule has 7 heteroatoms. The van der Waals surface area contributed by atoms with E-state index in [9.17, 15) is 9.59 Å². The molecule has 0 saturated heterocycles. The van der Waals surface area contributed by atoms with Gasteiger partial charge in [0.2, 0.25) is 5.91 Å². The minimum absolute atomic E-state index is 0.0621. The number of nitrogens with zero attached hydrogens (tertiary/aromatic N) is 2. The van der Waals surface area contributed by atoms with Crippen LogP contribution in [0, 0.1) is 5.92 Å². The largest absolute Gasteiger partial charge is 0.491 e. The van der Waals surface area contributed by atoms with E-state index in [4.69, 9.17) is 4.74 Å². The summed E-state index contributed by atoms with van der Waals surface area (Å²) in [7, 11) is 0. The zero-order valence-corrected chi connectivity index (χ0v) is 21.9. The molecule has 2 aromatic heterocycles. The van der Waals surface area contributed by atoms with E-state index >= 15 is 0 Å². The van der Waals surface area contributed by atoms with Crippen LogP contribution in [-0.4, -0.2) is 39.0 Å². The van der Waals surface area contributed by atoms with Crippen LogP contribution in [0.2, 0.25) is 0 Å². The van der Waals surface area contributed by atoms with Gasteiger partial charge in [-0.05, 0) is 87.6 Å². The van der Waals surface area contributed by atoms with Crippen molar-refractivity contribution in [3.05, 3.63) is 53.0 Å². The van der Waals surface area contributed by atoms with E-state index in [1.165, 1.54) is 0 Å². The van der Waals surface area contributed by atoms with Gasteiger partial charge < -0.3 is 19.5 Å². The van der Waals surface area contributed by atoms with Crippen molar-refractivity contribution >= 4 is 33.4 Å². The average Bonchev–Trinajstić information content (AvgIpc) is 3.41. The first-order valence-corrected chi connectivity index (χ1v) is 13.6. The Bertz CT molecular complexity index is 1220. The smallest absolute Gasteiger partial charge is 0.271 e. The summed E-state index contributed by atoms with van der Waals surface area (Å²) < 4.78 is 8.89. The molecule has 0 spiro atoms. The molecule has 1 fully saturated rings. The first kappa shape index (κ1) is 23.9. The van der Waals surface area contributed by atoms with Crippen LogP contribution in [-0.2, 0) is 17.9 Å². The van der Waals surface area contributed by atoms with Gasteiger partial charge in [-0.1, -0.05) is 19.1 Å². The van der Waals surface area contributed by atoms with E-state index in [2.05, 4.69) is 12.2 Å². The second-order valence-electron chi connectivity index (χ2n) is 10.7. The molecule has 2 aliphatic rings. The van der Waals surface area contributed by atoms with Crippen molar-refractivity contribution in [3.63, 3.8) is 0 Å². The monoisotopic (exact) mass is 493 g/mol. The van der Waals surface area contributed by atoms with Crippen molar-refractivity contribution in [2.45, 2.75) is 84.2 Å². The van der Waals surface area contributed by atoms with Crippen LogP contribution in [0.3, 0.4) is 0 Å². The Morgan fingerprint density at radius 3 is 2.57 bits per heavy atom. The molecule has 1 aliphatic heterocycles. The number of aromatic nitrogens is 1. The first-order valence-electron chi connectivity index (χ1n) is 12.7. The average molecular weight is 494 g/mol. The van der Waals surface area contributed by atoms with E-state index in [1.54, 1.807) is 16.2 Å². The summed E-state index contributed by atoms with van der Waals surface area (Å²) in [6.45, 7) is 9.00. The maximum Gasteiger partial charge on any atom is 0.271 e. The Morgan fingerprint density at radius 2 is 1.89 bits per heavy atom. The highest BCUT2D eigenvalue weighted by molar-refractivity contribution is 7.17. The third-order valence-corrected chi connectivity index (χ3v) is 8.38. The zero-order valence-electron chi connectivity index (χ0n) is 21.0. The SMILES string of the molecule is CC1CCC(NC(=O)[C@@]2(C)Cn3c(cc4sccc43)C(=O)N2Cc2ccc(OC(C)C)cc2)CC1. The van der Waals surface area contributed by atoms with Gasteiger partial charge >= 0.3 is 0 Å². The van der Waals surface area contributed by atoms with Gasteiger partial charge in [0, 0.05) is 12.6 Å². The van der Waals surface area contributed by atoms with Gasteiger partial charge in [0.05, 0.1) is 22.9 Å². The molecule has 1 N–H and O–H groups in total. The second kappa shape index (κ2) is 9.34. The number of carbonyl (C=O) groups excluding carboxylic acids is 2. The molecule has 6 nitrogen and oxygen atoms in total. The Kier molecular flexibility index (Phi) is 6.38. The van der Waals surface area contributed by atoms with Crippen molar-refractivity contribution in [2.75, 3.05) is 0 Å². The van der Waals surface area contributed by atoms with Crippen LogP contribution in [0.1, 0.15) is 69.4 Å². The van der Waals surface area contributed by atoms with Crippen LogP contribution in [0.15, 0.2) is 41.8 Å². The molecule has 1 saturated carbocycles. The molecular weight excluding hydrogens is 458 g/mol. The number of nitrogens with one attached hydrogen (secondary N) is 1. The lowest BCUT2D eigenvalue weighted by atomic mass is 9.86. The molecule has 35 heavy (non-hydrogen) atoms. The van der Waals surface area contributed by atoms with Gasteiger partial charge in [0.1, 0.15) is 17.0 Å². The number of hydrogen-bond donors (Lipinski definition) is 1. The number of benzene rings is 1. The quantitative estimate of drug-likeness (QED) is 0.486. The van der Waals surface area contributed by atoms with E-state index in [0.29, 0.717) is 24.7 Å². The van der Waals surface area contributed by atoms with Crippen molar-refractivity contribution in [1.82, 2.24) is 14.8 Å². The molecule has 3 heterocycles. The molecule has 1 atom stereocenters. The van der Waals surface area contributed by atoms with Crippen LogP contribution in [0.4, 0.5) is 0 Å². The van der Waals surface area contributed by atoms with E-state index in [-0.39, 0.29) is 24.0 Å². The Balaban J connectivity index is 1.46. The maximum absolute atomic E-state index is 13.9. The number of hydrogen-bond acceptors (Lipinski definition) is 4. The van der Waals surface area contributed by atoms with Crippen molar-refractivity contribution in [2.24, 2.45) is 5.92 Å². The van der Waals surface area contributed by atoms with Gasteiger partial charge in [0.15, 0.2) is 0 Å². The van der Waals surface area contributed by atoms with Crippen LogP contribution in [0.25, 0.3) is 10.2 Å². The minimum Gasteiger partial charge on any atom is -0.491 e. The summed E-state index contributed by atoms with van der Waals surface area (Å²) in [5.41, 5.74) is 1.66. The predicted octanol–water partition coefficient (Wildman–Crippen LogP) is 5.60. The predicted molar refractivity (Wildman–Crippen MR) is 140 cm³/mol. The Labute approximate surface area is 211 Å². The van der Waals surface area contributed by atoms with Crippen LogP contribution < -0.4 is 10.1 Å². The maximum atomic E-state index is 13.9. The molecule has 3 aromatic rings. The number of fused-ring (bicyclic) bond motifs is 3. The third-order valence-electron chi connectivity index (χ3n) is 7.52. The van der Waals surface area contributed by atoms with Gasteiger partial charge in [-0.2, -0.15) is 0 Å². The van der Waals surface area contributed by atoms with Crippen molar-refractivity contribution in [3.8, 4) is 5.75 Å². The summed E-state index contributed by atoms with van der Waals surface area (Å²) >= 11 is 1.63. The highest BCUT2D eigenvalue weighted by atomic mass is 32.1. The molecule has 1 aromatic carbocycles. The highest BCUT2D eigenvalue weighted by Gasteiger charge is 2.48. The number of amides is 2. The molecule has 0 radical (unpaired) electrons. The lowest BCUT2D eigenvalue weighted by molar-refractivity contribution is -0.134. The topological polar surface area (TPSA) is 63.6 Å². The molecular formula is C28H35N3O3S. The van der Waals surface area contributed by atoms with E-state index < -0.39 is 5.54 Å². The lowest BCUT2D eigenvalue weighted by Crippen LogP contribution is -2.64. The minimum atomic E-state index is -0.992. The summed E-state index contributed by atoms with van der Waals surface area (Å²) in [5.74, 6) is 1.35. The zero-order chi connectivity index (χ0) is 24.7. The molecule has 2 amide bonds. The molecule has 1 aliphatic carbocycles. The van der Waals surface area contributed by atoms with Gasteiger partial charge in [-0.15, -0.1) is 11.3 Å². The number of thiophene rings is 1.